The molecule has 1 aliphatic carbocycles. The van der Waals surface area contributed by atoms with E-state index in [0.29, 0.717) is 11.7 Å². The minimum Gasteiger partial charge on any atom is -0.390 e. The van der Waals surface area contributed by atoms with Crippen LogP contribution in [0.15, 0.2) is 11.4 Å². The Morgan fingerprint density at radius 2 is 2.26 bits per heavy atom. The first-order valence-electron chi connectivity index (χ1n) is 6.38. The molecule has 1 fully saturated rings. The van der Waals surface area contributed by atoms with Gasteiger partial charge < -0.3 is 9.67 Å². The Labute approximate surface area is 118 Å². The maximum atomic E-state index is 11.6. The van der Waals surface area contributed by atoms with E-state index >= 15 is 0 Å². The lowest BCUT2D eigenvalue weighted by atomic mass is 10.00. The van der Waals surface area contributed by atoms with Gasteiger partial charge in [0.2, 0.25) is 0 Å². The van der Waals surface area contributed by atoms with Crippen LogP contribution < -0.4 is 0 Å². The molecule has 0 amide bonds. The summed E-state index contributed by atoms with van der Waals surface area (Å²) in [5.74, 6) is 0. The van der Waals surface area contributed by atoms with Gasteiger partial charge in [0.15, 0.2) is 5.16 Å². The third kappa shape index (κ3) is 3.52. The predicted molar refractivity (Wildman–Crippen MR) is 75.9 cm³/mol. The average molecular weight is 304 g/mol. The van der Waals surface area contributed by atoms with Crippen LogP contribution in [-0.4, -0.2) is 39.8 Å². The van der Waals surface area contributed by atoms with Gasteiger partial charge in [-0.3, -0.25) is 0 Å². The van der Waals surface area contributed by atoms with Crippen molar-refractivity contribution in [2.45, 2.75) is 47.9 Å². The second kappa shape index (κ2) is 5.85. The summed E-state index contributed by atoms with van der Waals surface area (Å²) in [7, 11) is -1.07. The molecule has 0 radical (unpaired) electrons. The van der Waals surface area contributed by atoms with E-state index in [1.54, 1.807) is 18.0 Å². The highest BCUT2D eigenvalue weighted by Gasteiger charge is 2.30. The predicted octanol–water partition coefficient (Wildman–Crippen LogP) is 1.36. The number of rotatable bonds is 4. The van der Waals surface area contributed by atoms with Crippen molar-refractivity contribution >= 4 is 21.6 Å². The molecule has 7 heteroatoms. The number of imidazole rings is 1. The zero-order chi connectivity index (χ0) is 14.0. The number of aromatic nitrogens is 2. The van der Waals surface area contributed by atoms with Crippen LogP contribution in [0.2, 0.25) is 0 Å². The fourth-order valence-electron chi connectivity index (χ4n) is 2.43. The Morgan fingerprint density at radius 1 is 1.53 bits per heavy atom. The van der Waals surface area contributed by atoms with Gasteiger partial charge in [-0.05, 0) is 19.3 Å². The Hall–Kier alpha value is -0.530. The lowest BCUT2D eigenvalue weighted by molar-refractivity contribution is 0.271. The van der Waals surface area contributed by atoms with E-state index < -0.39 is 9.84 Å². The second-order valence-corrected chi connectivity index (χ2v) is 8.70. The van der Waals surface area contributed by atoms with E-state index in [1.165, 1.54) is 6.26 Å². The maximum Gasteiger partial charge on any atom is 0.168 e. The molecule has 0 aliphatic heterocycles. The fourth-order valence-corrected chi connectivity index (χ4v) is 5.03. The minimum atomic E-state index is -2.94. The third-order valence-electron chi connectivity index (χ3n) is 3.66. The van der Waals surface area contributed by atoms with Crippen molar-refractivity contribution in [3.05, 3.63) is 11.9 Å². The summed E-state index contributed by atoms with van der Waals surface area (Å²) in [6.07, 6.45) is 6.45. The highest BCUT2D eigenvalue weighted by molar-refractivity contribution is 7.99. The molecule has 1 N–H and O–H groups in total. The van der Waals surface area contributed by atoms with Gasteiger partial charge in [0.05, 0.1) is 23.7 Å². The fraction of sp³-hybridized carbons (Fsp3) is 0.750. The number of aliphatic hydroxyl groups excluding tert-OH is 1. The standard InChI is InChI=1S/C12H20N2O3S2/c1-14-9(8-15)7-13-12(14)18-10-4-3-5-11(6-10)19(2,16)17/h7,10-11,15H,3-6,8H2,1-2H3. The van der Waals surface area contributed by atoms with Crippen LogP contribution in [0.25, 0.3) is 0 Å². The molecule has 2 unspecified atom stereocenters. The van der Waals surface area contributed by atoms with Gasteiger partial charge in [0.1, 0.15) is 9.84 Å². The van der Waals surface area contributed by atoms with Crippen molar-refractivity contribution < 1.29 is 13.5 Å². The van der Waals surface area contributed by atoms with Gasteiger partial charge in [-0.2, -0.15) is 0 Å². The van der Waals surface area contributed by atoms with Gasteiger partial charge in [-0.25, -0.2) is 13.4 Å². The van der Waals surface area contributed by atoms with Crippen molar-refractivity contribution in [3.63, 3.8) is 0 Å². The average Bonchev–Trinajstić information content (AvgIpc) is 2.70. The number of nitrogens with zero attached hydrogens (tertiary/aromatic N) is 2. The first kappa shape index (κ1) is 14.9. The number of hydrogen-bond donors (Lipinski definition) is 1. The minimum absolute atomic E-state index is 0.0271. The summed E-state index contributed by atoms with van der Waals surface area (Å²) in [6, 6.07) is 0. The molecular weight excluding hydrogens is 284 g/mol. The summed E-state index contributed by atoms with van der Waals surface area (Å²) < 4.78 is 25.1. The van der Waals surface area contributed by atoms with Gasteiger partial charge >= 0.3 is 0 Å². The smallest absolute Gasteiger partial charge is 0.168 e. The SMILES string of the molecule is Cn1c(CO)cnc1SC1CCCC(S(C)(=O)=O)C1. The molecule has 1 aromatic heterocycles. The molecule has 0 bridgehead atoms. The highest BCUT2D eigenvalue weighted by Crippen LogP contribution is 2.35. The molecule has 0 aromatic carbocycles. The Kier molecular flexibility index (Phi) is 4.58. The maximum absolute atomic E-state index is 11.6. The topological polar surface area (TPSA) is 72.2 Å². The van der Waals surface area contributed by atoms with E-state index in [9.17, 15) is 8.42 Å². The first-order chi connectivity index (χ1) is 8.91. The number of sulfone groups is 1. The summed E-state index contributed by atoms with van der Waals surface area (Å²) in [6.45, 7) is -0.0271. The second-order valence-electron chi connectivity index (χ2n) is 5.11. The van der Waals surface area contributed by atoms with Gasteiger partial charge in [0.25, 0.3) is 0 Å². The summed E-state index contributed by atoms with van der Waals surface area (Å²) in [5.41, 5.74) is 0.776. The van der Waals surface area contributed by atoms with Crippen molar-refractivity contribution in [1.29, 1.82) is 0 Å². The van der Waals surface area contributed by atoms with Gasteiger partial charge in [0, 0.05) is 18.6 Å². The van der Waals surface area contributed by atoms with Crippen LogP contribution in [0.1, 0.15) is 31.4 Å². The van der Waals surface area contributed by atoms with E-state index in [4.69, 9.17) is 5.11 Å². The number of hydrogen-bond acceptors (Lipinski definition) is 5. The van der Waals surface area contributed by atoms with Crippen molar-refractivity contribution in [2.24, 2.45) is 7.05 Å². The molecule has 5 nitrogen and oxygen atoms in total. The molecule has 1 aromatic rings. The van der Waals surface area contributed by atoms with Gasteiger partial charge in [-0.15, -0.1) is 0 Å². The Morgan fingerprint density at radius 3 is 2.84 bits per heavy atom. The number of aliphatic hydroxyl groups is 1. The zero-order valence-electron chi connectivity index (χ0n) is 11.2. The highest BCUT2D eigenvalue weighted by atomic mass is 32.2. The summed E-state index contributed by atoms with van der Waals surface area (Å²) in [4.78, 5) is 4.28. The van der Waals surface area contributed by atoms with Crippen LogP contribution in [0, 0.1) is 0 Å². The van der Waals surface area contributed by atoms with Crippen LogP contribution in [0.4, 0.5) is 0 Å². The molecule has 2 atom stereocenters. The monoisotopic (exact) mass is 304 g/mol. The molecule has 108 valence electrons. The molecule has 1 heterocycles. The summed E-state index contributed by atoms with van der Waals surface area (Å²) in [5, 5.41) is 10.1. The van der Waals surface area contributed by atoms with Crippen molar-refractivity contribution in [3.8, 4) is 0 Å². The van der Waals surface area contributed by atoms with E-state index in [2.05, 4.69) is 4.98 Å². The van der Waals surface area contributed by atoms with Crippen LogP contribution in [0.3, 0.4) is 0 Å². The Balaban J connectivity index is 2.05. The first-order valence-corrected chi connectivity index (χ1v) is 9.22. The molecule has 1 aliphatic rings. The largest absolute Gasteiger partial charge is 0.390 e. The van der Waals surface area contributed by atoms with Crippen LogP contribution in [0.5, 0.6) is 0 Å². The normalized spacial score (nSPS) is 24.6. The molecule has 0 saturated heterocycles. The molecule has 2 rings (SSSR count). The zero-order valence-corrected chi connectivity index (χ0v) is 12.9. The number of thioether (sulfide) groups is 1. The Bertz CT molecular complexity index is 539. The van der Waals surface area contributed by atoms with Crippen molar-refractivity contribution in [2.75, 3.05) is 6.26 Å². The summed E-state index contributed by atoms with van der Waals surface area (Å²) >= 11 is 1.62. The van der Waals surface area contributed by atoms with E-state index in [1.807, 2.05) is 11.6 Å². The van der Waals surface area contributed by atoms with Gasteiger partial charge in [-0.1, -0.05) is 18.2 Å². The molecular formula is C12H20N2O3S2. The molecule has 0 spiro atoms. The third-order valence-corrected chi connectivity index (χ3v) is 6.65. The van der Waals surface area contributed by atoms with E-state index in [0.717, 1.165) is 30.1 Å². The van der Waals surface area contributed by atoms with Crippen molar-refractivity contribution in [1.82, 2.24) is 9.55 Å². The lowest BCUT2D eigenvalue weighted by Crippen LogP contribution is -2.28. The quantitative estimate of drug-likeness (QED) is 0.909. The lowest BCUT2D eigenvalue weighted by Gasteiger charge is -2.27. The van der Waals surface area contributed by atoms with Crippen LogP contribution in [-0.2, 0) is 23.5 Å². The molecule has 19 heavy (non-hydrogen) atoms. The van der Waals surface area contributed by atoms with Crippen LogP contribution >= 0.6 is 11.8 Å². The molecule has 1 saturated carbocycles. The van der Waals surface area contributed by atoms with E-state index in [-0.39, 0.29) is 11.9 Å².